The Labute approximate surface area is 90.9 Å². The highest BCUT2D eigenvalue weighted by Gasteiger charge is 2.06. The van der Waals surface area contributed by atoms with Gasteiger partial charge in [-0.15, -0.1) is 11.6 Å². The molecule has 0 saturated heterocycles. The van der Waals surface area contributed by atoms with Crippen LogP contribution in [0.5, 0.6) is 0 Å². The van der Waals surface area contributed by atoms with E-state index in [1.54, 1.807) is 13.0 Å². The summed E-state index contributed by atoms with van der Waals surface area (Å²) in [5.74, 6) is -0.147. The van der Waals surface area contributed by atoms with Crippen LogP contribution >= 0.6 is 11.6 Å². The molecule has 82 valence electrons. The minimum Gasteiger partial charge on any atom is -0.361 e. The molecule has 1 heterocycles. The monoisotopic (exact) mass is 231 g/mol. The van der Waals surface area contributed by atoms with E-state index >= 15 is 0 Å². The van der Waals surface area contributed by atoms with Crippen molar-refractivity contribution in [2.75, 3.05) is 5.88 Å². The molecule has 1 rings (SSSR count). The highest BCUT2D eigenvalue weighted by Crippen LogP contribution is 2.00. The number of nitrogens with one attached hydrogen (secondary N) is 2. The van der Waals surface area contributed by atoms with Gasteiger partial charge in [0.15, 0.2) is 0 Å². The van der Waals surface area contributed by atoms with Crippen LogP contribution in [0.4, 0.5) is 4.79 Å². The SMILES string of the molecule is Cc1cc(CNC(=O)NC(=O)CCl)no1. The molecule has 1 aromatic heterocycles. The summed E-state index contributed by atoms with van der Waals surface area (Å²) in [6, 6.07) is 1.07. The lowest BCUT2D eigenvalue weighted by atomic mass is 10.4. The van der Waals surface area contributed by atoms with Gasteiger partial charge in [0.05, 0.1) is 6.54 Å². The van der Waals surface area contributed by atoms with E-state index in [4.69, 9.17) is 16.1 Å². The summed E-state index contributed by atoms with van der Waals surface area (Å²) in [5, 5.41) is 8.11. The summed E-state index contributed by atoms with van der Waals surface area (Å²) >= 11 is 5.20. The molecule has 0 aliphatic heterocycles. The zero-order valence-electron chi connectivity index (χ0n) is 8.04. The van der Waals surface area contributed by atoms with Gasteiger partial charge in [0.1, 0.15) is 17.3 Å². The molecule has 0 aliphatic rings. The van der Waals surface area contributed by atoms with Gasteiger partial charge in [0, 0.05) is 6.07 Å². The van der Waals surface area contributed by atoms with E-state index in [-0.39, 0.29) is 12.4 Å². The maximum Gasteiger partial charge on any atom is 0.321 e. The molecule has 15 heavy (non-hydrogen) atoms. The summed E-state index contributed by atoms with van der Waals surface area (Å²) < 4.78 is 4.79. The van der Waals surface area contributed by atoms with Gasteiger partial charge in [-0.05, 0) is 6.92 Å². The van der Waals surface area contributed by atoms with Crippen molar-refractivity contribution >= 4 is 23.5 Å². The van der Waals surface area contributed by atoms with Crippen molar-refractivity contribution in [2.45, 2.75) is 13.5 Å². The lowest BCUT2D eigenvalue weighted by molar-refractivity contribution is -0.117. The number of aryl methyl sites for hydroxylation is 1. The minimum absolute atomic E-state index is 0.193. The van der Waals surface area contributed by atoms with Gasteiger partial charge in [-0.25, -0.2) is 4.79 Å². The Bertz CT molecular complexity index is 364. The third-order valence-electron chi connectivity index (χ3n) is 1.48. The molecule has 3 amide bonds. The number of aromatic nitrogens is 1. The summed E-state index contributed by atoms with van der Waals surface area (Å²) in [5.41, 5.74) is 0.584. The molecule has 0 radical (unpaired) electrons. The van der Waals surface area contributed by atoms with Crippen LogP contribution in [0.1, 0.15) is 11.5 Å². The quantitative estimate of drug-likeness (QED) is 0.744. The van der Waals surface area contributed by atoms with Gasteiger partial charge in [0.2, 0.25) is 5.91 Å². The highest BCUT2D eigenvalue weighted by atomic mass is 35.5. The Morgan fingerprint density at radius 3 is 2.87 bits per heavy atom. The summed E-state index contributed by atoms with van der Waals surface area (Å²) in [6.07, 6.45) is 0. The Morgan fingerprint density at radius 1 is 1.60 bits per heavy atom. The molecule has 2 N–H and O–H groups in total. The van der Waals surface area contributed by atoms with E-state index in [1.165, 1.54) is 0 Å². The molecule has 0 aliphatic carbocycles. The normalized spacial score (nSPS) is 9.73. The third kappa shape index (κ3) is 3.99. The molecule has 0 bridgehead atoms. The van der Waals surface area contributed by atoms with E-state index in [9.17, 15) is 9.59 Å². The van der Waals surface area contributed by atoms with Crippen molar-refractivity contribution in [3.63, 3.8) is 0 Å². The molecule has 0 unspecified atom stereocenters. The number of amides is 3. The Morgan fingerprint density at radius 2 is 2.33 bits per heavy atom. The lowest BCUT2D eigenvalue weighted by Gasteiger charge is -2.02. The van der Waals surface area contributed by atoms with Crippen LogP contribution in [0.15, 0.2) is 10.6 Å². The second-order valence-electron chi connectivity index (χ2n) is 2.79. The number of imide groups is 1. The second kappa shape index (κ2) is 5.35. The molecule has 7 heteroatoms. The number of rotatable bonds is 3. The molecule has 0 saturated carbocycles. The van der Waals surface area contributed by atoms with Crippen molar-refractivity contribution in [2.24, 2.45) is 0 Å². The van der Waals surface area contributed by atoms with Crippen LogP contribution in [0.2, 0.25) is 0 Å². The first-order chi connectivity index (χ1) is 7.11. The number of carbonyl (C=O) groups is 2. The minimum atomic E-state index is -0.610. The number of urea groups is 1. The number of carbonyl (C=O) groups excluding carboxylic acids is 2. The lowest BCUT2D eigenvalue weighted by Crippen LogP contribution is -2.39. The predicted molar refractivity (Wildman–Crippen MR) is 52.3 cm³/mol. The fourth-order valence-electron chi connectivity index (χ4n) is 0.876. The second-order valence-corrected chi connectivity index (χ2v) is 3.06. The molecule has 1 aromatic rings. The van der Waals surface area contributed by atoms with Crippen LogP contribution in [0, 0.1) is 6.92 Å². The fourth-order valence-corrected chi connectivity index (χ4v) is 0.943. The Hall–Kier alpha value is -1.56. The number of hydrogen-bond acceptors (Lipinski definition) is 4. The summed E-state index contributed by atoms with van der Waals surface area (Å²) in [6.45, 7) is 1.94. The maximum absolute atomic E-state index is 11.0. The average molecular weight is 232 g/mol. The van der Waals surface area contributed by atoms with E-state index in [1.807, 2.05) is 5.32 Å². The Balaban J connectivity index is 2.31. The predicted octanol–water partition coefficient (Wildman–Crippen LogP) is 0.548. The van der Waals surface area contributed by atoms with Crippen LogP contribution in [0.3, 0.4) is 0 Å². The molecular weight excluding hydrogens is 222 g/mol. The van der Waals surface area contributed by atoms with E-state index < -0.39 is 11.9 Å². The third-order valence-corrected chi connectivity index (χ3v) is 1.72. The van der Waals surface area contributed by atoms with Gasteiger partial charge in [-0.3, -0.25) is 10.1 Å². The van der Waals surface area contributed by atoms with Crippen molar-refractivity contribution in [3.05, 3.63) is 17.5 Å². The van der Waals surface area contributed by atoms with Crippen LogP contribution in [-0.4, -0.2) is 23.0 Å². The number of halogens is 1. The highest BCUT2D eigenvalue weighted by molar-refractivity contribution is 6.28. The zero-order valence-corrected chi connectivity index (χ0v) is 8.80. The van der Waals surface area contributed by atoms with Crippen LogP contribution in [-0.2, 0) is 11.3 Å². The van der Waals surface area contributed by atoms with E-state index in [2.05, 4.69) is 10.5 Å². The van der Waals surface area contributed by atoms with Crippen molar-refractivity contribution < 1.29 is 14.1 Å². The maximum atomic E-state index is 11.0. The summed E-state index contributed by atoms with van der Waals surface area (Å²) in [4.78, 5) is 21.7. The van der Waals surface area contributed by atoms with Crippen molar-refractivity contribution in [3.8, 4) is 0 Å². The van der Waals surface area contributed by atoms with Crippen LogP contribution in [0.25, 0.3) is 0 Å². The van der Waals surface area contributed by atoms with Gasteiger partial charge in [-0.2, -0.15) is 0 Å². The zero-order chi connectivity index (χ0) is 11.3. The van der Waals surface area contributed by atoms with Crippen molar-refractivity contribution in [1.82, 2.24) is 15.8 Å². The van der Waals surface area contributed by atoms with Gasteiger partial charge < -0.3 is 9.84 Å². The molecule has 0 atom stereocenters. The summed E-state index contributed by atoms with van der Waals surface area (Å²) in [7, 11) is 0. The number of hydrogen-bond donors (Lipinski definition) is 2. The van der Waals surface area contributed by atoms with Gasteiger partial charge in [0.25, 0.3) is 0 Å². The first-order valence-electron chi connectivity index (χ1n) is 4.17. The topological polar surface area (TPSA) is 84.2 Å². The van der Waals surface area contributed by atoms with Crippen LogP contribution < -0.4 is 10.6 Å². The smallest absolute Gasteiger partial charge is 0.321 e. The first-order valence-corrected chi connectivity index (χ1v) is 4.71. The molecule has 6 nitrogen and oxygen atoms in total. The van der Waals surface area contributed by atoms with Gasteiger partial charge >= 0.3 is 6.03 Å². The molecule has 0 fully saturated rings. The standard InChI is InChI=1S/C8H10ClN3O3/c1-5-2-6(12-15-5)4-10-8(14)11-7(13)3-9/h2H,3-4H2,1H3,(H2,10,11,13,14). The average Bonchev–Trinajstić information content (AvgIpc) is 2.61. The van der Waals surface area contributed by atoms with E-state index in [0.29, 0.717) is 11.5 Å². The Kier molecular flexibility index (Phi) is 4.11. The number of nitrogens with zero attached hydrogens (tertiary/aromatic N) is 1. The fraction of sp³-hybridized carbons (Fsp3) is 0.375. The molecule has 0 spiro atoms. The number of alkyl halides is 1. The molecule has 0 aromatic carbocycles. The first kappa shape index (κ1) is 11.5. The van der Waals surface area contributed by atoms with E-state index in [0.717, 1.165) is 0 Å². The largest absolute Gasteiger partial charge is 0.361 e. The molecular formula is C8H10ClN3O3. The van der Waals surface area contributed by atoms with Gasteiger partial charge in [-0.1, -0.05) is 5.16 Å². The van der Waals surface area contributed by atoms with Crippen molar-refractivity contribution in [1.29, 1.82) is 0 Å².